The third-order valence-corrected chi connectivity index (χ3v) is 5.56. The standard InChI is InChI=1S/C22H24O4S/c1-16-21(23)19-8-3-4-9-20(19)26-22(16)27-15-18-12-10-17(11-13-18)7-5-6-14-25-24-2/h3-4,8-13H,5-7,14-15H2,1-2H3. The molecule has 0 aliphatic heterocycles. The Labute approximate surface area is 163 Å². The van der Waals surface area contributed by atoms with E-state index < -0.39 is 0 Å². The van der Waals surface area contributed by atoms with Crippen molar-refractivity contribution in [3.8, 4) is 0 Å². The van der Waals surface area contributed by atoms with Gasteiger partial charge >= 0.3 is 0 Å². The summed E-state index contributed by atoms with van der Waals surface area (Å²) in [5.74, 6) is 0.768. The molecule has 5 heteroatoms. The molecule has 3 aromatic rings. The predicted molar refractivity (Wildman–Crippen MR) is 109 cm³/mol. The molecule has 0 fully saturated rings. The lowest BCUT2D eigenvalue weighted by Crippen LogP contribution is -2.06. The van der Waals surface area contributed by atoms with Crippen LogP contribution >= 0.6 is 11.8 Å². The molecule has 0 saturated carbocycles. The molecule has 0 bridgehead atoms. The van der Waals surface area contributed by atoms with Crippen molar-refractivity contribution in [3.05, 3.63) is 75.4 Å². The maximum absolute atomic E-state index is 12.5. The van der Waals surface area contributed by atoms with Gasteiger partial charge in [-0.15, -0.1) is 0 Å². The zero-order valence-corrected chi connectivity index (χ0v) is 16.5. The number of benzene rings is 2. The number of fused-ring (bicyclic) bond motifs is 1. The van der Waals surface area contributed by atoms with Crippen LogP contribution in [0.4, 0.5) is 0 Å². The Kier molecular flexibility index (Phi) is 7.10. The maximum Gasteiger partial charge on any atom is 0.196 e. The van der Waals surface area contributed by atoms with E-state index in [1.165, 1.54) is 18.2 Å². The van der Waals surface area contributed by atoms with Crippen LogP contribution < -0.4 is 5.43 Å². The minimum absolute atomic E-state index is 0.0483. The Balaban J connectivity index is 1.59. The summed E-state index contributed by atoms with van der Waals surface area (Å²) >= 11 is 1.56. The summed E-state index contributed by atoms with van der Waals surface area (Å²) in [6, 6.07) is 16.0. The highest BCUT2D eigenvalue weighted by Crippen LogP contribution is 2.27. The Bertz CT molecular complexity index is 931. The first-order valence-corrected chi connectivity index (χ1v) is 10.1. The minimum Gasteiger partial charge on any atom is -0.449 e. The Morgan fingerprint density at radius 3 is 2.52 bits per heavy atom. The summed E-state index contributed by atoms with van der Waals surface area (Å²) in [7, 11) is 1.53. The highest BCUT2D eigenvalue weighted by Gasteiger charge is 2.11. The van der Waals surface area contributed by atoms with Crippen LogP contribution in [0.25, 0.3) is 11.0 Å². The summed E-state index contributed by atoms with van der Waals surface area (Å²) in [6.07, 6.45) is 3.07. The molecule has 2 aromatic carbocycles. The SMILES string of the molecule is COOCCCCc1ccc(CSc2oc3ccccc3c(=O)c2C)cc1. The number of hydrogen-bond donors (Lipinski definition) is 0. The minimum atomic E-state index is 0.0483. The topological polar surface area (TPSA) is 48.7 Å². The maximum atomic E-state index is 12.5. The van der Waals surface area contributed by atoms with Crippen molar-refractivity contribution in [1.29, 1.82) is 0 Å². The third-order valence-electron chi connectivity index (χ3n) is 4.43. The highest BCUT2D eigenvalue weighted by molar-refractivity contribution is 7.98. The van der Waals surface area contributed by atoms with Gasteiger partial charge < -0.3 is 4.42 Å². The molecule has 0 radical (unpaired) electrons. The number of thioether (sulfide) groups is 1. The second-order valence-corrected chi connectivity index (χ2v) is 7.34. The molecule has 0 atom stereocenters. The van der Waals surface area contributed by atoms with Gasteiger partial charge in [0.1, 0.15) is 5.58 Å². The lowest BCUT2D eigenvalue weighted by atomic mass is 10.1. The van der Waals surface area contributed by atoms with Crippen LogP contribution in [0, 0.1) is 6.92 Å². The zero-order valence-electron chi connectivity index (χ0n) is 15.7. The molecule has 0 saturated heterocycles. The van der Waals surface area contributed by atoms with E-state index in [1.54, 1.807) is 11.8 Å². The van der Waals surface area contributed by atoms with Crippen LogP contribution in [0.15, 0.2) is 62.8 Å². The molecule has 0 spiro atoms. The van der Waals surface area contributed by atoms with Crippen LogP contribution in [-0.4, -0.2) is 13.7 Å². The van der Waals surface area contributed by atoms with Crippen LogP contribution in [0.5, 0.6) is 0 Å². The first-order chi connectivity index (χ1) is 13.2. The van der Waals surface area contributed by atoms with Gasteiger partial charge in [0.25, 0.3) is 0 Å². The molecular weight excluding hydrogens is 360 g/mol. The van der Waals surface area contributed by atoms with E-state index in [9.17, 15) is 4.79 Å². The second kappa shape index (κ2) is 9.74. The van der Waals surface area contributed by atoms with E-state index in [2.05, 4.69) is 29.2 Å². The quantitative estimate of drug-likeness (QED) is 0.217. The van der Waals surface area contributed by atoms with Crippen molar-refractivity contribution < 1.29 is 14.2 Å². The van der Waals surface area contributed by atoms with E-state index in [0.717, 1.165) is 25.0 Å². The number of rotatable bonds is 9. The molecule has 0 N–H and O–H groups in total. The molecule has 3 rings (SSSR count). The number of para-hydroxylation sites is 1. The molecule has 4 nitrogen and oxygen atoms in total. The molecule has 0 amide bonds. The van der Waals surface area contributed by atoms with Crippen LogP contribution in [-0.2, 0) is 21.9 Å². The largest absolute Gasteiger partial charge is 0.449 e. The number of hydrogen-bond acceptors (Lipinski definition) is 5. The van der Waals surface area contributed by atoms with E-state index in [0.29, 0.717) is 28.2 Å². The molecule has 1 heterocycles. The van der Waals surface area contributed by atoms with E-state index in [-0.39, 0.29) is 5.43 Å². The average Bonchev–Trinajstić information content (AvgIpc) is 2.70. The fourth-order valence-corrected chi connectivity index (χ4v) is 3.82. The first kappa shape index (κ1) is 19.7. The monoisotopic (exact) mass is 384 g/mol. The second-order valence-electron chi connectivity index (χ2n) is 6.39. The van der Waals surface area contributed by atoms with Gasteiger partial charge in [-0.05, 0) is 49.4 Å². The molecule has 142 valence electrons. The lowest BCUT2D eigenvalue weighted by Gasteiger charge is -2.07. The summed E-state index contributed by atoms with van der Waals surface area (Å²) in [5.41, 5.74) is 3.89. The van der Waals surface area contributed by atoms with Gasteiger partial charge in [-0.2, -0.15) is 0 Å². The van der Waals surface area contributed by atoms with Gasteiger partial charge in [0.2, 0.25) is 0 Å². The molecule has 0 unspecified atom stereocenters. The smallest absolute Gasteiger partial charge is 0.196 e. The summed E-state index contributed by atoms with van der Waals surface area (Å²) in [4.78, 5) is 21.9. The van der Waals surface area contributed by atoms with Gasteiger partial charge in [-0.3, -0.25) is 4.79 Å². The Hall–Kier alpha value is -2.08. The molecule has 0 aliphatic rings. The highest BCUT2D eigenvalue weighted by atomic mass is 32.2. The van der Waals surface area contributed by atoms with Crippen molar-refractivity contribution in [2.45, 2.75) is 37.0 Å². The lowest BCUT2D eigenvalue weighted by molar-refractivity contribution is -0.272. The Morgan fingerprint density at radius 2 is 1.74 bits per heavy atom. The molecule has 0 aliphatic carbocycles. The summed E-state index contributed by atoms with van der Waals surface area (Å²) < 4.78 is 5.95. The van der Waals surface area contributed by atoms with E-state index in [1.807, 2.05) is 31.2 Å². The number of unbranched alkanes of at least 4 members (excludes halogenated alkanes) is 1. The van der Waals surface area contributed by atoms with Crippen LogP contribution in [0.1, 0.15) is 29.5 Å². The molecule has 1 aromatic heterocycles. The van der Waals surface area contributed by atoms with Gasteiger partial charge in [0, 0.05) is 11.3 Å². The Morgan fingerprint density at radius 1 is 1.00 bits per heavy atom. The van der Waals surface area contributed by atoms with Gasteiger partial charge in [0.05, 0.1) is 19.1 Å². The zero-order chi connectivity index (χ0) is 19.1. The van der Waals surface area contributed by atoms with Crippen LogP contribution in [0.2, 0.25) is 0 Å². The first-order valence-electron chi connectivity index (χ1n) is 9.07. The van der Waals surface area contributed by atoms with Crippen molar-refractivity contribution >= 4 is 22.7 Å². The summed E-state index contributed by atoms with van der Waals surface area (Å²) in [6.45, 7) is 2.46. The van der Waals surface area contributed by atoms with Crippen molar-refractivity contribution in [3.63, 3.8) is 0 Å². The van der Waals surface area contributed by atoms with Crippen LogP contribution in [0.3, 0.4) is 0 Å². The fraction of sp³-hybridized carbons (Fsp3) is 0.318. The van der Waals surface area contributed by atoms with Crippen molar-refractivity contribution in [2.24, 2.45) is 0 Å². The van der Waals surface area contributed by atoms with E-state index >= 15 is 0 Å². The third kappa shape index (κ3) is 5.22. The number of aryl methyl sites for hydroxylation is 1. The fourth-order valence-electron chi connectivity index (χ4n) is 2.88. The normalized spacial score (nSPS) is 11.2. The summed E-state index contributed by atoms with van der Waals surface area (Å²) in [5, 5.41) is 1.33. The average molecular weight is 384 g/mol. The van der Waals surface area contributed by atoms with Gasteiger partial charge in [-0.25, -0.2) is 9.78 Å². The molecular formula is C22H24O4S. The predicted octanol–water partition coefficient (Wildman–Crippen LogP) is 5.29. The van der Waals surface area contributed by atoms with Crippen molar-refractivity contribution in [1.82, 2.24) is 0 Å². The van der Waals surface area contributed by atoms with Gasteiger partial charge in [-0.1, -0.05) is 48.2 Å². The van der Waals surface area contributed by atoms with E-state index in [4.69, 9.17) is 9.30 Å². The van der Waals surface area contributed by atoms with Crippen molar-refractivity contribution in [2.75, 3.05) is 13.7 Å². The van der Waals surface area contributed by atoms with Gasteiger partial charge in [0.15, 0.2) is 10.5 Å². The molecule has 27 heavy (non-hydrogen) atoms.